The van der Waals surface area contributed by atoms with E-state index in [1.165, 1.54) is 12.1 Å². The summed E-state index contributed by atoms with van der Waals surface area (Å²) in [6, 6.07) is 5.72. The van der Waals surface area contributed by atoms with Crippen molar-refractivity contribution in [1.29, 1.82) is 0 Å². The monoisotopic (exact) mass is 354 g/mol. The molecule has 3 N–H and O–H groups in total. The molecule has 134 valence electrons. The molecular formula is C16H26N4O3S. The smallest absolute Gasteiger partial charge is 0.241 e. The standard InChI is InChI=1S/C16H26N4O3S/c1-12(20-8-7-13(11-20)10-19(2)3)16(21)18-14-5-4-6-15(9-14)24(17,22)23/h4-6,9,12-13H,7-8,10-11H2,1-3H3,(H,18,21)(H2,17,22,23)/t12-,13+/m0/s1. The van der Waals surface area contributed by atoms with E-state index in [1.807, 2.05) is 6.92 Å². The highest BCUT2D eigenvalue weighted by Gasteiger charge is 2.29. The molecule has 0 aliphatic carbocycles. The van der Waals surface area contributed by atoms with Crippen molar-refractivity contribution in [2.45, 2.75) is 24.3 Å². The lowest BCUT2D eigenvalue weighted by Crippen LogP contribution is -2.41. The minimum atomic E-state index is -3.78. The van der Waals surface area contributed by atoms with E-state index in [2.05, 4.69) is 29.2 Å². The van der Waals surface area contributed by atoms with Crippen molar-refractivity contribution in [1.82, 2.24) is 9.80 Å². The number of benzene rings is 1. The van der Waals surface area contributed by atoms with Gasteiger partial charge in [0.05, 0.1) is 10.9 Å². The zero-order valence-corrected chi connectivity index (χ0v) is 15.2. The van der Waals surface area contributed by atoms with Crippen LogP contribution in [0.25, 0.3) is 0 Å². The Bertz CT molecular complexity index is 690. The summed E-state index contributed by atoms with van der Waals surface area (Å²) in [6.45, 7) is 4.67. The highest BCUT2D eigenvalue weighted by atomic mass is 32.2. The first-order valence-corrected chi connectivity index (χ1v) is 9.54. The van der Waals surface area contributed by atoms with Gasteiger partial charge in [0.2, 0.25) is 15.9 Å². The zero-order chi connectivity index (χ0) is 17.9. The second-order valence-corrected chi connectivity index (χ2v) is 8.21. The molecule has 0 unspecified atom stereocenters. The molecule has 1 amide bonds. The summed E-state index contributed by atoms with van der Waals surface area (Å²) >= 11 is 0. The van der Waals surface area contributed by atoms with Crippen LogP contribution in [0.4, 0.5) is 5.69 Å². The predicted molar refractivity (Wildman–Crippen MR) is 94.1 cm³/mol. The molecule has 2 rings (SSSR count). The molecular weight excluding hydrogens is 328 g/mol. The number of primary sulfonamides is 1. The number of nitrogens with two attached hydrogens (primary N) is 1. The Morgan fingerprint density at radius 1 is 1.46 bits per heavy atom. The summed E-state index contributed by atoms with van der Waals surface area (Å²) < 4.78 is 22.8. The zero-order valence-electron chi connectivity index (χ0n) is 14.4. The van der Waals surface area contributed by atoms with E-state index in [1.54, 1.807) is 12.1 Å². The summed E-state index contributed by atoms with van der Waals surface area (Å²) in [5, 5.41) is 7.89. The summed E-state index contributed by atoms with van der Waals surface area (Å²) in [5.41, 5.74) is 0.433. The Kier molecular flexibility index (Phi) is 5.97. The number of anilines is 1. The average Bonchev–Trinajstić information content (AvgIpc) is 2.93. The summed E-state index contributed by atoms with van der Waals surface area (Å²) in [4.78, 5) is 16.8. The normalized spacial score (nSPS) is 20.3. The minimum absolute atomic E-state index is 0.0137. The lowest BCUT2D eigenvalue weighted by molar-refractivity contribution is -0.120. The van der Waals surface area contributed by atoms with Crippen molar-refractivity contribution < 1.29 is 13.2 Å². The van der Waals surface area contributed by atoms with Gasteiger partial charge in [-0.2, -0.15) is 0 Å². The lowest BCUT2D eigenvalue weighted by Gasteiger charge is -2.24. The van der Waals surface area contributed by atoms with Gasteiger partial charge in [0.25, 0.3) is 0 Å². The summed E-state index contributed by atoms with van der Waals surface area (Å²) in [6.07, 6.45) is 1.08. The van der Waals surface area contributed by atoms with Gasteiger partial charge in [-0.25, -0.2) is 13.6 Å². The average molecular weight is 354 g/mol. The van der Waals surface area contributed by atoms with Crippen LogP contribution in [0.5, 0.6) is 0 Å². The number of hydrogen-bond acceptors (Lipinski definition) is 5. The molecule has 1 aromatic rings. The van der Waals surface area contributed by atoms with Crippen LogP contribution in [0.15, 0.2) is 29.2 Å². The molecule has 0 spiro atoms. The molecule has 0 saturated carbocycles. The molecule has 1 aliphatic heterocycles. The predicted octanol–water partition coefficient (Wildman–Crippen LogP) is 0.545. The Hall–Kier alpha value is -1.48. The molecule has 7 nitrogen and oxygen atoms in total. The van der Waals surface area contributed by atoms with Crippen LogP contribution in [0.2, 0.25) is 0 Å². The van der Waals surface area contributed by atoms with Gasteiger partial charge >= 0.3 is 0 Å². The molecule has 24 heavy (non-hydrogen) atoms. The summed E-state index contributed by atoms with van der Waals surface area (Å²) in [5.74, 6) is 0.424. The maximum atomic E-state index is 12.4. The molecule has 1 fully saturated rings. The lowest BCUT2D eigenvalue weighted by atomic mass is 10.1. The molecule has 1 aliphatic rings. The number of likely N-dealkylation sites (tertiary alicyclic amines) is 1. The van der Waals surface area contributed by atoms with Gasteiger partial charge < -0.3 is 10.2 Å². The van der Waals surface area contributed by atoms with Gasteiger partial charge in [-0.15, -0.1) is 0 Å². The largest absolute Gasteiger partial charge is 0.325 e. The Morgan fingerprint density at radius 3 is 2.79 bits per heavy atom. The van der Waals surface area contributed by atoms with Crippen molar-refractivity contribution in [3.8, 4) is 0 Å². The van der Waals surface area contributed by atoms with Gasteiger partial charge in [-0.05, 0) is 58.1 Å². The van der Waals surface area contributed by atoms with Gasteiger partial charge in [0.1, 0.15) is 0 Å². The highest BCUT2D eigenvalue weighted by Crippen LogP contribution is 2.20. The van der Waals surface area contributed by atoms with E-state index in [-0.39, 0.29) is 16.8 Å². The van der Waals surface area contributed by atoms with E-state index in [0.717, 1.165) is 26.1 Å². The van der Waals surface area contributed by atoms with Crippen LogP contribution < -0.4 is 10.5 Å². The first-order valence-electron chi connectivity index (χ1n) is 7.99. The van der Waals surface area contributed by atoms with Gasteiger partial charge in [0, 0.05) is 18.8 Å². The fraction of sp³-hybridized carbons (Fsp3) is 0.562. The number of rotatable bonds is 6. The van der Waals surface area contributed by atoms with Crippen molar-refractivity contribution in [3.63, 3.8) is 0 Å². The number of nitrogens with one attached hydrogen (secondary N) is 1. The second-order valence-electron chi connectivity index (χ2n) is 6.65. The Morgan fingerprint density at radius 2 is 2.17 bits per heavy atom. The first kappa shape index (κ1) is 18.9. The molecule has 2 atom stereocenters. The van der Waals surface area contributed by atoms with E-state index in [0.29, 0.717) is 11.6 Å². The third-order valence-corrected chi connectivity index (χ3v) is 5.21. The molecule has 1 aromatic carbocycles. The third-order valence-electron chi connectivity index (χ3n) is 4.30. The van der Waals surface area contributed by atoms with Crippen molar-refractivity contribution in [2.75, 3.05) is 39.0 Å². The van der Waals surface area contributed by atoms with E-state index < -0.39 is 10.0 Å². The van der Waals surface area contributed by atoms with Gasteiger partial charge in [0.15, 0.2) is 0 Å². The molecule has 0 bridgehead atoms. The Balaban J connectivity index is 1.98. The molecule has 1 saturated heterocycles. The third kappa shape index (κ3) is 5.01. The number of carbonyl (C=O) groups excluding carboxylic acids is 1. The number of sulfonamides is 1. The van der Waals surface area contributed by atoms with Gasteiger partial charge in [-0.1, -0.05) is 6.07 Å². The van der Waals surface area contributed by atoms with Gasteiger partial charge in [-0.3, -0.25) is 9.69 Å². The summed E-state index contributed by atoms with van der Waals surface area (Å²) in [7, 11) is 0.323. The minimum Gasteiger partial charge on any atom is -0.325 e. The second kappa shape index (κ2) is 7.60. The van der Waals surface area contributed by atoms with Crippen molar-refractivity contribution in [3.05, 3.63) is 24.3 Å². The van der Waals surface area contributed by atoms with Crippen LogP contribution in [0.1, 0.15) is 13.3 Å². The fourth-order valence-electron chi connectivity index (χ4n) is 3.04. The van der Waals surface area contributed by atoms with Crippen molar-refractivity contribution >= 4 is 21.6 Å². The van der Waals surface area contributed by atoms with Crippen LogP contribution in [-0.4, -0.2) is 63.9 Å². The Labute approximate surface area is 143 Å². The van der Waals surface area contributed by atoms with Crippen LogP contribution in [-0.2, 0) is 14.8 Å². The molecule has 0 radical (unpaired) electrons. The number of amides is 1. The van der Waals surface area contributed by atoms with E-state index >= 15 is 0 Å². The maximum absolute atomic E-state index is 12.4. The van der Waals surface area contributed by atoms with Crippen LogP contribution in [0, 0.1) is 5.92 Å². The number of carbonyl (C=O) groups is 1. The number of nitrogens with zero attached hydrogens (tertiary/aromatic N) is 2. The van der Waals surface area contributed by atoms with Crippen LogP contribution >= 0.6 is 0 Å². The molecule has 1 heterocycles. The molecule has 0 aromatic heterocycles. The number of hydrogen-bond donors (Lipinski definition) is 2. The molecule has 8 heteroatoms. The first-order chi connectivity index (χ1) is 11.2. The van der Waals surface area contributed by atoms with Crippen molar-refractivity contribution in [2.24, 2.45) is 11.1 Å². The quantitative estimate of drug-likeness (QED) is 0.777. The fourth-order valence-corrected chi connectivity index (χ4v) is 3.60. The van der Waals surface area contributed by atoms with Crippen LogP contribution in [0.3, 0.4) is 0 Å². The SMILES string of the molecule is C[C@@H](C(=O)Nc1cccc(S(N)(=O)=O)c1)N1CC[C@H](CN(C)C)C1. The topological polar surface area (TPSA) is 95.7 Å². The van der Waals surface area contributed by atoms with E-state index in [9.17, 15) is 13.2 Å². The highest BCUT2D eigenvalue weighted by molar-refractivity contribution is 7.89. The van der Waals surface area contributed by atoms with E-state index in [4.69, 9.17) is 5.14 Å². The maximum Gasteiger partial charge on any atom is 0.241 e.